The van der Waals surface area contributed by atoms with E-state index >= 15 is 0 Å². The minimum absolute atomic E-state index is 0.0910. The molecule has 0 saturated carbocycles. The predicted octanol–water partition coefficient (Wildman–Crippen LogP) is 3.83. The largest absolute Gasteiger partial charge is 0.345 e. The standard InChI is InChI=1S/C18H16ClFN2O2/c1-22(2)18(24)15-11-14(20)8-9-16(15)21-17(23)10-5-12-3-6-13(19)7-4-12/h3-11H,1-2H3,(H,21,23). The van der Waals surface area contributed by atoms with Crippen molar-refractivity contribution in [1.82, 2.24) is 4.90 Å². The first-order chi connectivity index (χ1) is 11.4. The summed E-state index contributed by atoms with van der Waals surface area (Å²) in [4.78, 5) is 25.4. The number of halogens is 2. The summed E-state index contributed by atoms with van der Waals surface area (Å²) in [7, 11) is 3.11. The monoisotopic (exact) mass is 346 g/mol. The molecule has 0 aliphatic heterocycles. The van der Waals surface area contributed by atoms with Crippen molar-refractivity contribution in [1.29, 1.82) is 0 Å². The molecule has 6 heteroatoms. The Balaban J connectivity index is 2.16. The number of amides is 2. The molecule has 0 unspecified atom stereocenters. The molecule has 0 aromatic heterocycles. The zero-order valence-corrected chi connectivity index (χ0v) is 14.0. The van der Waals surface area contributed by atoms with E-state index in [4.69, 9.17) is 11.6 Å². The van der Waals surface area contributed by atoms with E-state index in [2.05, 4.69) is 5.32 Å². The first kappa shape index (κ1) is 17.7. The molecule has 0 spiro atoms. The fraction of sp³-hybridized carbons (Fsp3) is 0.111. The summed E-state index contributed by atoms with van der Waals surface area (Å²) in [5, 5.41) is 3.20. The van der Waals surface area contributed by atoms with E-state index in [0.717, 1.165) is 11.6 Å². The molecule has 2 aromatic rings. The van der Waals surface area contributed by atoms with E-state index in [0.29, 0.717) is 5.02 Å². The van der Waals surface area contributed by atoms with E-state index in [1.54, 1.807) is 44.4 Å². The summed E-state index contributed by atoms with van der Waals surface area (Å²) in [6.45, 7) is 0. The van der Waals surface area contributed by atoms with Crippen LogP contribution in [0.15, 0.2) is 48.5 Å². The third kappa shape index (κ3) is 4.67. The third-order valence-corrected chi connectivity index (χ3v) is 3.43. The Hall–Kier alpha value is -2.66. The SMILES string of the molecule is CN(C)C(=O)c1cc(F)ccc1NC(=O)C=Cc1ccc(Cl)cc1. The van der Waals surface area contributed by atoms with Gasteiger partial charge in [0.2, 0.25) is 5.91 Å². The number of hydrogen-bond acceptors (Lipinski definition) is 2. The number of anilines is 1. The van der Waals surface area contributed by atoms with Gasteiger partial charge in [-0.2, -0.15) is 0 Å². The van der Waals surface area contributed by atoms with E-state index in [9.17, 15) is 14.0 Å². The highest BCUT2D eigenvalue weighted by atomic mass is 35.5. The first-order valence-electron chi connectivity index (χ1n) is 7.12. The molecule has 24 heavy (non-hydrogen) atoms. The number of carbonyl (C=O) groups is 2. The molecule has 0 heterocycles. The number of nitrogens with one attached hydrogen (secondary N) is 1. The maximum absolute atomic E-state index is 13.4. The molecule has 0 saturated heterocycles. The second-order valence-electron chi connectivity index (χ2n) is 5.26. The summed E-state index contributed by atoms with van der Waals surface area (Å²) in [6, 6.07) is 10.6. The van der Waals surface area contributed by atoms with E-state index < -0.39 is 17.6 Å². The second kappa shape index (κ2) is 7.75. The Morgan fingerprint density at radius 2 is 1.79 bits per heavy atom. The number of hydrogen-bond donors (Lipinski definition) is 1. The Kier molecular flexibility index (Phi) is 5.71. The van der Waals surface area contributed by atoms with Gasteiger partial charge in [0, 0.05) is 25.2 Å². The van der Waals surface area contributed by atoms with Gasteiger partial charge in [0.15, 0.2) is 0 Å². The number of nitrogens with zero attached hydrogens (tertiary/aromatic N) is 1. The lowest BCUT2D eigenvalue weighted by atomic mass is 10.1. The van der Waals surface area contributed by atoms with Gasteiger partial charge in [0.05, 0.1) is 11.3 Å². The zero-order chi connectivity index (χ0) is 17.7. The average molecular weight is 347 g/mol. The van der Waals surface area contributed by atoms with Crippen molar-refractivity contribution in [2.75, 3.05) is 19.4 Å². The molecule has 2 rings (SSSR count). The van der Waals surface area contributed by atoms with Crippen LogP contribution < -0.4 is 5.32 Å². The molecule has 124 valence electrons. The van der Waals surface area contributed by atoms with Crippen molar-refractivity contribution >= 4 is 35.2 Å². The van der Waals surface area contributed by atoms with Gasteiger partial charge < -0.3 is 10.2 Å². The van der Waals surface area contributed by atoms with Gasteiger partial charge in [-0.1, -0.05) is 23.7 Å². The van der Waals surface area contributed by atoms with Crippen molar-refractivity contribution in [3.63, 3.8) is 0 Å². The Morgan fingerprint density at radius 1 is 1.12 bits per heavy atom. The fourth-order valence-electron chi connectivity index (χ4n) is 1.96. The van der Waals surface area contributed by atoms with Gasteiger partial charge in [0.1, 0.15) is 5.82 Å². The Labute approximate surface area is 144 Å². The van der Waals surface area contributed by atoms with Gasteiger partial charge in [-0.25, -0.2) is 4.39 Å². The summed E-state index contributed by atoms with van der Waals surface area (Å²) in [5.74, 6) is -1.37. The third-order valence-electron chi connectivity index (χ3n) is 3.17. The molecule has 4 nitrogen and oxygen atoms in total. The second-order valence-corrected chi connectivity index (χ2v) is 5.70. The lowest BCUT2D eigenvalue weighted by molar-refractivity contribution is -0.111. The first-order valence-corrected chi connectivity index (χ1v) is 7.50. The maximum Gasteiger partial charge on any atom is 0.255 e. The normalized spacial score (nSPS) is 10.7. The molecule has 0 radical (unpaired) electrons. The van der Waals surface area contributed by atoms with Gasteiger partial charge in [0.25, 0.3) is 5.91 Å². The van der Waals surface area contributed by atoms with Crippen LogP contribution in [0.1, 0.15) is 15.9 Å². The smallest absolute Gasteiger partial charge is 0.255 e. The molecular formula is C18H16ClFN2O2. The highest BCUT2D eigenvalue weighted by Gasteiger charge is 2.15. The minimum atomic E-state index is -0.546. The van der Waals surface area contributed by atoms with Gasteiger partial charge in [-0.15, -0.1) is 0 Å². The summed E-state index contributed by atoms with van der Waals surface area (Å²) >= 11 is 5.80. The Bertz CT molecular complexity index is 786. The van der Waals surface area contributed by atoms with Gasteiger partial charge in [-0.3, -0.25) is 9.59 Å². The predicted molar refractivity (Wildman–Crippen MR) is 93.5 cm³/mol. The Morgan fingerprint density at radius 3 is 2.42 bits per heavy atom. The number of rotatable bonds is 4. The average Bonchev–Trinajstić information content (AvgIpc) is 2.55. The maximum atomic E-state index is 13.4. The lowest BCUT2D eigenvalue weighted by Crippen LogP contribution is -2.24. The van der Waals surface area contributed by atoms with Crippen molar-refractivity contribution < 1.29 is 14.0 Å². The van der Waals surface area contributed by atoms with Crippen LogP contribution in [0.2, 0.25) is 5.02 Å². The molecule has 0 aliphatic carbocycles. The molecule has 1 N–H and O–H groups in total. The van der Waals surface area contributed by atoms with Crippen molar-refractivity contribution in [3.05, 3.63) is 70.5 Å². The van der Waals surface area contributed by atoms with Crippen LogP contribution >= 0.6 is 11.6 Å². The van der Waals surface area contributed by atoms with E-state index in [1.807, 2.05) is 0 Å². The highest BCUT2D eigenvalue weighted by molar-refractivity contribution is 6.30. The fourth-order valence-corrected chi connectivity index (χ4v) is 2.09. The van der Waals surface area contributed by atoms with Crippen LogP contribution in [-0.2, 0) is 4.79 Å². The van der Waals surface area contributed by atoms with Crippen molar-refractivity contribution in [2.45, 2.75) is 0 Å². The topological polar surface area (TPSA) is 49.4 Å². The molecule has 2 amide bonds. The summed E-state index contributed by atoms with van der Waals surface area (Å²) in [6.07, 6.45) is 2.94. The van der Waals surface area contributed by atoms with Crippen molar-refractivity contribution in [3.8, 4) is 0 Å². The van der Waals surface area contributed by atoms with Crippen LogP contribution in [0.4, 0.5) is 10.1 Å². The summed E-state index contributed by atoms with van der Waals surface area (Å²) in [5.41, 5.74) is 1.15. The molecule has 0 bridgehead atoms. The molecular weight excluding hydrogens is 331 g/mol. The van der Waals surface area contributed by atoms with Crippen LogP contribution in [0, 0.1) is 5.82 Å². The zero-order valence-electron chi connectivity index (χ0n) is 13.2. The molecule has 0 aliphatic rings. The number of benzene rings is 2. The molecule has 0 atom stereocenters. The van der Waals surface area contributed by atoms with Gasteiger partial charge >= 0.3 is 0 Å². The molecule has 2 aromatic carbocycles. The van der Waals surface area contributed by atoms with Crippen LogP contribution in [0.25, 0.3) is 6.08 Å². The van der Waals surface area contributed by atoms with E-state index in [1.165, 1.54) is 23.1 Å². The van der Waals surface area contributed by atoms with Crippen LogP contribution in [0.5, 0.6) is 0 Å². The van der Waals surface area contributed by atoms with Crippen LogP contribution in [-0.4, -0.2) is 30.8 Å². The quantitative estimate of drug-likeness (QED) is 0.855. The highest BCUT2D eigenvalue weighted by Crippen LogP contribution is 2.19. The van der Waals surface area contributed by atoms with Crippen LogP contribution in [0.3, 0.4) is 0 Å². The minimum Gasteiger partial charge on any atom is -0.345 e. The van der Waals surface area contributed by atoms with E-state index in [-0.39, 0.29) is 11.3 Å². The number of carbonyl (C=O) groups excluding carboxylic acids is 2. The van der Waals surface area contributed by atoms with Gasteiger partial charge in [-0.05, 0) is 42.0 Å². The summed E-state index contributed by atoms with van der Waals surface area (Å²) < 4.78 is 13.4. The van der Waals surface area contributed by atoms with Crippen molar-refractivity contribution in [2.24, 2.45) is 0 Å². The lowest BCUT2D eigenvalue weighted by Gasteiger charge is -2.14. The molecule has 0 fully saturated rings.